The summed E-state index contributed by atoms with van der Waals surface area (Å²) in [6, 6.07) is 2.07. The third-order valence-corrected chi connectivity index (χ3v) is 4.12. The van der Waals surface area contributed by atoms with Gasteiger partial charge in [0.1, 0.15) is 5.82 Å². The smallest absolute Gasteiger partial charge is 0.225 e. The van der Waals surface area contributed by atoms with Crippen LogP contribution in [0, 0.1) is 13.8 Å². The van der Waals surface area contributed by atoms with Gasteiger partial charge in [-0.2, -0.15) is 4.57 Å². The second kappa shape index (κ2) is 7.97. The number of hydrogen-bond donors (Lipinski definition) is 2. The summed E-state index contributed by atoms with van der Waals surface area (Å²) in [7, 11) is 0. The summed E-state index contributed by atoms with van der Waals surface area (Å²) < 4.78 is 2.16. The van der Waals surface area contributed by atoms with Crippen molar-refractivity contribution in [2.24, 2.45) is 0 Å². The zero-order valence-corrected chi connectivity index (χ0v) is 13.5. The molecule has 0 atom stereocenters. The Hall–Kier alpha value is -1.46. The summed E-state index contributed by atoms with van der Waals surface area (Å²) in [6.07, 6.45) is 2.49. The number of hydrogen-bond acceptors (Lipinski definition) is 4. The molecule has 0 saturated heterocycles. The lowest BCUT2D eigenvalue weighted by Crippen LogP contribution is -2.35. The lowest BCUT2D eigenvalue weighted by atomic mass is 10.2. The second-order valence-corrected chi connectivity index (χ2v) is 5.33. The Kier molecular flexibility index (Phi) is 6.61. The molecule has 4 nitrogen and oxygen atoms in total. The van der Waals surface area contributed by atoms with Gasteiger partial charge in [-0.25, -0.2) is 4.98 Å². The molecule has 0 amide bonds. The normalized spacial score (nSPS) is 10.1. The standard InChI is InChI=1S/C13H18N3OS.C2H6/c1-9-5-11(13(14)15-6-9)7-16-8-18-12(3-4-17)10(16)2;1-2/h5-6,8,17H,3-4,7H2,1-2H3,(H2,14,15);1-2H3/q+1;. The van der Waals surface area contributed by atoms with Gasteiger partial charge in [0.15, 0.2) is 12.2 Å². The monoisotopic (exact) mass is 294 g/mol. The Balaban J connectivity index is 0.000000956. The molecule has 0 spiro atoms. The number of nitrogen functional groups attached to an aromatic ring is 1. The number of thiazole rings is 1. The minimum Gasteiger partial charge on any atom is -0.396 e. The Morgan fingerprint density at radius 3 is 2.70 bits per heavy atom. The fourth-order valence-corrected chi connectivity index (χ4v) is 2.88. The Bertz CT molecular complexity index is 552. The van der Waals surface area contributed by atoms with E-state index in [1.807, 2.05) is 20.8 Å². The first-order valence-electron chi connectivity index (χ1n) is 6.90. The van der Waals surface area contributed by atoms with Gasteiger partial charge in [0, 0.05) is 26.1 Å². The van der Waals surface area contributed by atoms with Crippen molar-refractivity contribution in [2.75, 3.05) is 12.3 Å². The van der Waals surface area contributed by atoms with Crippen LogP contribution in [0.3, 0.4) is 0 Å². The minimum absolute atomic E-state index is 0.190. The highest BCUT2D eigenvalue weighted by molar-refractivity contribution is 7.09. The molecule has 0 unspecified atom stereocenters. The Labute approximate surface area is 124 Å². The summed E-state index contributed by atoms with van der Waals surface area (Å²) in [5, 5.41) is 8.99. The summed E-state index contributed by atoms with van der Waals surface area (Å²) in [6.45, 7) is 9.00. The zero-order chi connectivity index (χ0) is 15.1. The van der Waals surface area contributed by atoms with Gasteiger partial charge < -0.3 is 10.8 Å². The van der Waals surface area contributed by atoms with Gasteiger partial charge in [-0.15, -0.1) is 0 Å². The maximum absolute atomic E-state index is 8.99. The third kappa shape index (κ3) is 4.02. The highest BCUT2D eigenvalue weighted by atomic mass is 32.1. The van der Waals surface area contributed by atoms with E-state index in [2.05, 4.69) is 28.1 Å². The third-order valence-electron chi connectivity index (χ3n) is 2.97. The first-order valence-corrected chi connectivity index (χ1v) is 7.78. The predicted molar refractivity (Wildman–Crippen MR) is 83.9 cm³/mol. The summed E-state index contributed by atoms with van der Waals surface area (Å²) in [4.78, 5) is 5.39. The van der Waals surface area contributed by atoms with Crippen LogP contribution in [0.25, 0.3) is 0 Å². The molecular weight excluding hydrogens is 270 g/mol. The number of nitrogens with zero attached hydrogens (tertiary/aromatic N) is 2. The highest BCUT2D eigenvalue weighted by Crippen LogP contribution is 2.14. The molecule has 2 aromatic heterocycles. The van der Waals surface area contributed by atoms with Gasteiger partial charge in [0.05, 0.1) is 10.4 Å². The number of nitrogens with two attached hydrogens (primary N) is 1. The number of pyridine rings is 1. The molecule has 0 saturated carbocycles. The molecule has 20 heavy (non-hydrogen) atoms. The molecule has 0 bridgehead atoms. The van der Waals surface area contributed by atoms with Crippen molar-refractivity contribution in [1.29, 1.82) is 0 Å². The van der Waals surface area contributed by atoms with E-state index in [1.165, 1.54) is 10.6 Å². The first-order chi connectivity index (χ1) is 9.61. The number of aryl methyl sites for hydroxylation is 1. The van der Waals surface area contributed by atoms with Gasteiger partial charge >= 0.3 is 0 Å². The van der Waals surface area contributed by atoms with Crippen LogP contribution in [0.4, 0.5) is 5.82 Å². The number of aliphatic hydroxyl groups is 1. The average Bonchev–Trinajstić information content (AvgIpc) is 2.79. The van der Waals surface area contributed by atoms with E-state index in [4.69, 9.17) is 10.8 Å². The van der Waals surface area contributed by atoms with Crippen LogP contribution in [0.1, 0.15) is 35.5 Å². The van der Waals surface area contributed by atoms with Crippen molar-refractivity contribution in [1.82, 2.24) is 4.98 Å². The first kappa shape index (κ1) is 16.6. The molecule has 110 valence electrons. The number of aromatic nitrogens is 2. The van der Waals surface area contributed by atoms with E-state index in [0.29, 0.717) is 12.2 Å². The van der Waals surface area contributed by atoms with E-state index in [9.17, 15) is 0 Å². The van der Waals surface area contributed by atoms with Crippen LogP contribution in [0.5, 0.6) is 0 Å². The van der Waals surface area contributed by atoms with Crippen molar-refractivity contribution >= 4 is 17.2 Å². The summed E-state index contributed by atoms with van der Waals surface area (Å²) in [5.41, 5.74) is 11.3. The largest absolute Gasteiger partial charge is 0.396 e. The van der Waals surface area contributed by atoms with Crippen LogP contribution in [-0.4, -0.2) is 16.7 Å². The minimum atomic E-state index is 0.190. The predicted octanol–water partition coefficient (Wildman–Crippen LogP) is 2.24. The summed E-state index contributed by atoms with van der Waals surface area (Å²) in [5.74, 6) is 0.586. The van der Waals surface area contributed by atoms with Gasteiger partial charge in [0.2, 0.25) is 5.51 Å². The van der Waals surface area contributed by atoms with Gasteiger partial charge in [-0.05, 0) is 18.6 Å². The van der Waals surface area contributed by atoms with Crippen LogP contribution >= 0.6 is 11.3 Å². The van der Waals surface area contributed by atoms with Crippen LogP contribution in [0.2, 0.25) is 0 Å². The van der Waals surface area contributed by atoms with Gasteiger partial charge in [0.25, 0.3) is 0 Å². The quantitative estimate of drug-likeness (QED) is 0.850. The molecule has 2 aromatic rings. The molecule has 2 heterocycles. The fourth-order valence-electron chi connectivity index (χ4n) is 1.90. The number of aliphatic hydroxyl groups excluding tert-OH is 1. The van der Waals surface area contributed by atoms with Crippen molar-refractivity contribution in [3.05, 3.63) is 39.5 Å². The van der Waals surface area contributed by atoms with Gasteiger partial charge in [-0.1, -0.05) is 25.2 Å². The molecule has 5 heteroatoms. The topological polar surface area (TPSA) is 63.0 Å². The number of anilines is 1. The fraction of sp³-hybridized carbons (Fsp3) is 0.467. The van der Waals surface area contributed by atoms with Crippen LogP contribution in [-0.2, 0) is 13.0 Å². The molecule has 0 aliphatic rings. The van der Waals surface area contributed by atoms with E-state index < -0.39 is 0 Å². The maximum atomic E-state index is 8.99. The molecule has 0 aromatic carbocycles. The van der Waals surface area contributed by atoms with Crippen molar-refractivity contribution in [3.8, 4) is 0 Å². The SMILES string of the molecule is CC.Cc1cnc(N)c(C[n+]2csc(CCO)c2C)c1. The van der Waals surface area contributed by atoms with E-state index in [-0.39, 0.29) is 6.61 Å². The van der Waals surface area contributed by atoms with Crippen LogP contribution < -0.4 is 10.3 Å². The molecule has 0 aliphatic carbocycles. The van der Waals surface area contributed by atoms with Crippen molar-refractivity contribution < 1.29 is 9.67 Å². The lowest BCUT2D eigenvalue weighted by Gasteiger charge is -2.02. The average molecular weight is 294 g/mol. The molecule has 0 aliphatic heterocycles. The van der Waals surface area contributed by atoms with Crippen molar-refractivity contribution in [2.45, 2.75) is 40.7 Å². The van der Waals surface area contributed by atoms with E-state index >= 15 is 0 Å². The highest BCUT2D eigenvalue weighted by Gasteiger charge is 2.16. The molecular formula is C15H24N3OS+. The lowest BCUT2D eigenvalue weighted by molar-refractivity contribution is -0.689. The summed E-state index contributed by atoms with van der Waals surface area (Å²) >= 11 is 1.67. The molecule has 2 rings (SSSR count). The Morgan fingerprint density at radius 2 is 2.05 bits per heavy atom. The second-order valence-electron chi connectivity index (χ2n) is 4.39. The zero-order valence-electron chi connectivity index (χ0n) is 12.7. The maximum Gasteiger partial charge on any atom is 0.225 e. The van der Waals surface area contributed by atoms with Crippen molar-refractivity contribution in [3.63, 3.8) is 0 Å². The Morgan fingerprint density at radius 1 is 1.35 bits per heavy atom. The number of rotatable bonds is 4. The van der Waals surface area contributed by atoms with E-state index in [0.717, 1.165) is 17.7 Å². The molecule has 0 radical (unpaired) electrons. The molecule has 3 N–H and O–H groups in total. The van der Waals surface area contributed by atoms with Crippen LogP contribution in [0.15, 0.2) is 17.8 Å². The van der Waals surface area contributed by atoms with Gasteiger partial charge in [-0.3, -0.25) is 0 Å². The molecule has 0 fully saturated rings. The van der Waals surface area contributed by atoms with E-state index in [1.54, 1.807) is 17.5 Å².